The summed E-state index contributed by atoms with van der Waals surface area (Å²) in [4.78, 5) is 13.5. The van der Waals surface area contributed by atoms with E-state index in [1.54, 1.807) is 12.1 Å². The van der Waals surface area contributed by atoms with Crippen molar-refractivity contribution >= 4 is 23.2 Å². The van der Waals surface area contributed by atoms with Gasteiger partial charge < -0.3 is 10.6 Å². The Morgan fingerprint density at radius 3 is 2.60 bits per heavy atom. The van der Waals surface area contributed by atoms with Gasteiger partial charge in [0.2, 0.25) is 0 Å². The van der Waals surface area contributed by atoms with Gasteiger partial charge in [-0.25, -0.2) is 0 Å². The molecule has 0 radical (unpaired) electrons. The molecule has 0 atom stereocenters. The average Bonchev–Trinajstić information content (AvgIpc) is 2.40. The van der Waals surface area contributed by atoms with E-state index in [0.29, 0.717) is 0 Å². The number of carbonyl (C=O) groups excluding carboxylic acids is 1. The summed E-state index contributed by atoms with van der Waals surface area (Å²) in [7, 11) is 0. The summed E-state index contributed by atoms with van der Waals surface area (Å²) in [6, 6.07) is 4.64. The van der Waals surface area contributed by atoms with Crippen molar-refractivity contribution in [3.63, 3.8) is 0 Å². The number of nitrogen functional groups attached to an aromatic ring is 1. The normalized spacial score (nSPS) is 16.0. The first-order valence-corrected chi connectivity index (χ1v) is 6.28. The lowest BCUT2D eigenvalue weighted by Gasteiger charge is -2.27. The molecule has 0 bridgehead atoms. The van der Waals surface area contributed by atoms with Gasteiger partial charge in [0.05, 0.1) is 16.3 Å². The fourth-order valence-electron chi connectivity index (χ4n) is 2.00. The van der Waals surface area contributed by atoms with Crippen LogP contribution in [0, 0.1) is 0 Å². The summed E-state index contributed by atoms with van der Waals surface area (Å²) in [5, 5.41) is 0.128. The number of carbonyl (C=O) groups is 1. The summed E-state index contributed by atoms with van der Waals surface area (Å²) in [5.41, 5.74) is 5.48. The summed E-state index contributed by atoms with van der Waals surface area (Å²) >= 11 is 5.94. The van der Waals surface area contributed by atoms with Crippen molar-refractivity contribution in [1.82, 2.24) is 4.90 Å². The molecule has 0 saturated carbocycles. The molecule has 0 fully saturated rings. The fourth-order valence-corrected chi connectivity index (χ4v) is 2.20. The maximum absolute atomic E-state index is 12.5. The Hall–Kier alpha value is -1.69. The number of nitrogens with zero attached hydrogens (tertiary/aromatic N) is 1. The zero-order valence-electron chi connectivity index (χ0n) is 10.4. The SMILES string of the molecule is Nc1cccc(C(=O)N2CC=C(C(F)(F)F)CC2)c1Cl. The van der Waals surface area contributed by atoms with E-state index in [0.717, 1.165) is 6.08 Å². The van der Waals surface area contributed by atoms with Gasteiger partial charge >= 0.3 is 6.18 Å². The van der Waals surface area contributed by atoms with Crippen molar-refractivity contribution in [3.8, 4) is 0 Å². The van der Waals surface area contributed by atoms with Crippen LogP contribution in [0.3, 0.4) is 0 Å². The second-order valence-electron chi connectivity index (χ2n) is 4.44. The van der Waals surface area contributed by atoms with Crippen molar-refractivity contribution < 1.29 is 18.0 Å². The minimum atomic E-state index is -4.33. The van der Waals surface area contributed by atoms with Gasteiger partial charge in [-0.1, -0.05) is 23.7 Å². The van der Waals surface area contributed by atoms with E-state index < -0.39 is 17.7 Å². The molecule has 0 aromatic heterocycles. The predicted octanol–water partition coefficient (Wildman–Crippen LogP) is 3.26. The van der Waals surface area contributed by atoms with Crippen molar-refractivity contribution in [2.45, 2.75) is 12.6 Å². The number of hydrogen-bond acceptors (Lipinski definition) is 2. The topological polar surface area (TPSA) is 46.3 Å². The summed E-state index contributed by atoms with van der Waals surface area (Å²) in [6.07, 6.45) is -3.51. The van der Waals surface area contributed by atoms with Crippen LogP contribution in [0.1, 0.15) is 16.8 Å². The van der Waals surface area contributed by atoms with Crippen LogP contribution >= 0.6 is 11.6 Å². The first-order chi connectivity index (χ1) is 9.30. The van der Waals surface area contributed by atoms with Gasteiger partial charge in [0.25, 0.3) is 5.91 Å². The number of hydrogen-bond donors (Lipinski definition) is 1. The van der Waals surface area contributed by atoms with E-state index in [-0.39, 0.29) is 35.8 Å². The largest absolute Gasteiger partial charge is 0.412 e. The van der Waals surface area contributed by atoms with Crippen LogP contribution in [-0.4, -0.2) is 30.1 Å². The highest BCUT2D eigenvalue weighted by molar-refractivity contribution is 6.36. The van der Waals surface area contributed by atoms with Crippen LogP contribution in [0.4, 0.5) is 18.9 Å². The van der Waals surface area contributed by atoms with Crippen LogP contribution in [0.25, 0.3) is 0 Å². The second-order valence-corrected chi connectivity index (χ2v) is 4.82. The molecule has 1 aromatic carbocycles. The Morgan fingerprint density at radius 2 is 2.05 bits per heavy atom. The predicted molar refractivity (Wildman–Crippen MR) is 70.5 cm³/mol. The molecule has 20 heavy (non-hydrogen) atoms. The highest BCUT2D eigenvalue weighted by atomic mass is 35.5. The first-order valence-electron chi connectivity index (χ1n) is 5.90. The Morgan fingerprint density at radius 1 is 1.35 bits per heavy atom. The second kappa shape index (κ2) is 5.36. The fraction of sp³-hybridized carbons (Fsp3) is 0.308. The minimum absolute atomic E-state index is 0.00923. The minimum Gasteiger partial charge on any atom is -0.398 e. The Bertz CT molecular complexity index is 569. The third-order valence-electron chi connectivity index (χ3n) is 3.12. The number of anilines is 1. The molecule has 3 nitrogen and oxygen atoms in total. The smallest absolute Gasteiger partial charge is 0.398 e. The molecule has 2 rings (SSSR count). The molecular weight excluding hydrogens is 293 g/mol. The molecule has 108 valence electrons. The monoisotopic (exact) mass is 304 g/mol. The lowest BCUT2D eigenvalue weighted by molar-refractivity contribution is -0.0957. The third kappa shape index (κ3) is 2.90. The van der Waals surface area contributed by atoms with E-state index in [2.05, 4.69) is 0 Å². The lowest BCUT2D eigenvalue weighted by Crippen LogP contribution is -2.37. The van der Waals surface area contributed by atoms with Crippen LogP contribution < -0.4 is 5.73 Å². The van der Waals surface area contributed by atoms with E-state index in [1.165, 1.54) is 11.0 Å². The molecule has 2 N–H and O–H groups in total. The maximum atomic E-state index is 12.5. The zero-order chi connectivity index (χ0) is 14.9. The Labute approximate surface area is 118 Å². The number of nitrogens with two attached hydrogens (primary N) is 1. The van der Waals surface area contributed by atoms with Crippen LogP contribution in [0.15, 0.2) is 29.8 Å². The number of halogens is 4. The third-order valence-corrected chi connectivity index (χ3v) is 3.54. The number of amides is 1. The first kappa shape index (κ1) is 14.7. The van der Waals surface area contributed by atoms with Crippen molar-refractivity contribution in [1.29, 1.82) is 0 Å². The van der Waals surface area contributed by atoms with Gasteiger partial charge in [0.1, 0.15) is 0 Å². The quantitative estimate of drug-likeness (QED) is 0.639. The van der Waals surface area contributed by atoms with Gasteiger partial charge in [-0.2, -0.15) is 13.2 Å². The van der Waals surface area contributed by atoms with E-state index >= 15 is 0 Å². The van der Waals surface area contributed by atoms with Gasteiger partial charge in [-0.05, 0) is 18.6 Å². The van der Waals surface area contributed by atoms with Crippen LogP contribution in [-0.2, 0) is 0 Å². The van der Waals surface area contributed by atoms with Crippen molar-refractivity contribution in [2.75, 3.05) is 18.8 Å². The molecule has 1 heterocycles. The lowest BCUT2D eigenvalue weighted by atomic mass is 10.1. The Balaban J connectivity index is 2.17. The van der Waals surface area contributed by atoms with Gasteiger partial charge in [0.15, 0.2) is 0 Å². The highest BCUT2D eigenvalue weighted by Crippen LogP contribution is 2.31. The molecule has 1 aromatic rings. The number of alkyl halides is 3. The Kier molecular flexibility index (Phi) is 3.94. The molecule has 1 aliphatic heterocycles. The van der Waals surface area contributed by atoms with Gasteiger partial charge in [-0.15, -0.1) is 0 Å². The maximum Gasteiger partial charge on any atom is 0.412 e. The van der Waals surface area contributed by atoms with Crippen LogP contribution in [0.5, 0.6) is 0 Å². The summed E-state index contributed by atoms with van der Waals surface area (Å²) < 4.78 is 37.5. The summed E-state index contributed by atoms with van der Waals surface area (Å²) in [5.74, 6) is -0.417. The average molecular weight is 305 g/mol. The molecule has 0 spiro atoms. The molecule has 0 saturated heterocycles. The molecule has 0 unspecified atom stereocenters. The van der Waals surface area contributed by atoms with E-state index in [4.69, 9.17) is 17.3 Å². The van der Waals surface area contributed by atoms with Crippen molar-refractivity contribution in [2.24, 2.45) is 0 Å². The van der Waals surface area contributed by atoms with E-state index in [9.17, 15) is 18.0 Å². The number of benzene rings is 1. The van der Waals surface area contributed by atoms with Gasteiger partial charge in [0, 0.05) is 18.7 Å². The van der Waals surface area contributed by atoms with E-state index in [1.807, 2.05) is 0 Å². The number of rotatable bonds is 1. The van der Waals surface area contributed by atoms with Crippen molar-refractivity contribution in [3.05, 3.63) is 40.4 Å². The zero-order valence-corrected chi connectivity index (χ0v) is 11.1. The molecule has 1 aliphatic rings. The molecule has 0 aliphatic carbocycles. The van der Waals surface area contributed by atoms with Crippen LogP contribution in [0.2, 0.25) is 5.02 Å². The standard InChI is InChI=1S/C13H12ClF3N2O/c14-11-9(2-1-3-10(11)18)12(20)19-6-4-8(5-7-19)13(15,16)17/h1-4H,5-7,18H2. The molecule has 1 amide bonds. The summed E-state index contributed by atoms with van der Waals surface area (Å²) in [6.45, 7) is -0.0753. The van der Waals surface area contributed by atoms with Gasteiger partial charge in [-0.3, -0.25) is 4.79 Å². The highest BCUT2D eigenvalue weighted by Gasteiger charge is 2.35. The molecular formula is C13H12ClF3N2O. The molecule has 7 heteroatoms.